The molecule has 0 aliphatic heterocycles. The molecule has 4 nitrogen and oxygen atoms in total. The molecule has 3 rings (SSSR count). The van der Waals surface area contributed by atoms with E-state index in [1.807, 2.05) is 24.3 Å². The van der Waals surface area contributed by atoms with Gasteiger partial charge in [0.2, 0.25) is 0 Å². The molecule has 1 fully saturated rings. The molecule has 0 radical (unpaired) electrons. The van der Waals surface area contributed by atoms with Crippen LogP contribution in [-0.2, 0) is 13.2 Å². The van der Waals surface area contributed by atoms with E-state index in [0.29, 0.717) is 12.6 Å². The monoisotopic (exact) mass is 244 g/mol. The number of nitrogens with zero attached hydrogens (tertiary/aromatic N) is 1. The average molecular weight is 244 g/mol. The molecule has 0 saturated heterocycles. The van der Waals surface area contributed by atoms with Crippen molar-refractivity contribution in [3.63, 3.8) is 0 Å². The van der Waals surface area contributed by atoms with Crippen LogP contribution in [0.1, 0.15) is 24.3 Å². The Morgan fingerprint density at radius 3 is 3.11 bits per heavy atom. The summed E-state index contributed by atoms with van der Waals surface area (Å²) in [4.78, 5) is 4.32. The Balaban J connectivity index is 1.55. The molecule has 1 aliphatic carbocycles. The van der Waals surface area contributed by atoms with Crippen molar-refractivity contribution in [1.82, 2.24) is 10.3 Å². The first-order valence-corrected chi connectivity index (χ1v) is 6.23. The minimum Gasteiger partial charge on any atom is -0.486 e. The lowest BCUT2D eigenvalue weighted by Crippen LogP contribution is -2.16. The molecule has 0 amide bonds. The van der Waals surface area contributed by atoms with E-state index < -0.39 is 0 Å². The molecule has 0 bridgehead atoms. The fraction of sp³-hybridized carbons (Fsp3) is 0.357. The van der Waals surface area contributed by atoms with E-state index in [1.54, 1.807) is 12.5 Å². The first-order chi connectivity index (χ1) is 8.90. The molecule has 0 atom stereocenters. The van der Waals surface area contributed by atoms with Crippen LogP contribution in [0, 0.1) is 0 Å². The van der Waals surface area contributed by atoms with Gasteiger partial charge in [0.15, 0.2) is 0 Å². The van der Waals surface area contributed by atoms with Crippen LogP contribution < -0.4 is 10.1 Å². The molecule has 0 unspecified atom stereocenters. The molecule has 94 valence electrons. The zero-order valence-electron chi connectivity index (χ0n) is 10.1. The number of nitrogens with one attached hydrogen (secondary N) is 1. The normalized spacial score (nSPS) is 14.7. The Labute approximate surface area is 106 Å². The van der Waals surface area contributed by atoms with Crippen LogP contribution in [-0.4, -0.2) is 11.0 Å². The Morgan fingerprint density at radius 2 is 2.33 bits per heavy atom. The highest BCUT2D eigenvalue weighted by molar-refractivity contribution is 5.23. The van der Waals surface area contributed by atoms with Crippen molar-refractivity contribution in [2.24, 2.45) is 0 Å². The molecule has 1 saturated carbocycles. The molecule has 1 aliphatic rings. The van der Waals surface area contributed by atoms with E-state index in [2.05, 4.69) is 10.3 Å². The van der Waals surface area contributed by atoms with Gasteiger partial charge in [-0.15, -0.1) is 0 Å². The number of ether oxygens (including phenoxy) is 1. The van der Waals surface area contributed by atoms with E-state index in [0.717, 1.165) is 23.7 Å². The second-order valence-electron chi connectivity index (χ2n) is 4.51. The standard InChI is InChI=1S/C14H16N2O2/c1-2-14(17-7-1)10-18-13-5-6-15-12(8-13)9-16-11-3-4-11/h1-2,5-8,11,16H,3-4,9-10H2. The number of pyridine rings is 1. The largest absolute Gasteiger partial charge is 0.486 e. The van der Waals surface area contributed by atoms with Crippen molar-refractivity contribution >= 4 is 0 Å². The molecule has 2 aromatic heterocycles. The number of hydrogen-bond acceptors (Lipinski definition) is 4. The lowest BCUT2D eigenvalue weighted by molar-refractivity contribution is 0.269. The van der Waals surface area contributed by atoms with Gasteiger partial charge in [-0.05, 0) is 31.0 Å². The number of hydrogen-bond donors (Lipinski definition) is 1. The van der Waals surface area contributed by atoms with Crippen molar-refractivity contribution < 1.29 is 9.15 Å². The van der Waals surface area contributed by atoms with Gasteiger partial charge in [0, 0.05) is 24.8 Å². The molecular weight excluding hydrogens is 228 g/mol. The fourth-order valence-electron chi connectivity index (χ4n) is 1.73. The Kier molecular flexibility index (Phi) is 3.28. The number of aromatic nitrogens is 1. The zero-order valence-corrected chi connectivity index (χ0v) is 10.1. The summed E-state index contributed by atoms with van der Waals surface area (Å²) in [6.07, 6.45) is 6.00. The van der Waals surface area contributed by atoms with E-state index >= 15 is 0 Å². The highest BCUT2D eigenvalue weighted by Gasteiger charge is 2.20. The SMILES string of the molecule is c1coc(COc2ccnc(CNC3CC3)c2)c1. The van der Waals surface area contributed by atoms with Gasteiger partial charge in [0.05, 0.1) is 12.0 Å². The van der Waals surface area contributed by atoms with Crippen LogP contribution in [0.4, 0.5) is 0 Å². The Morgan fingerprint density at radius 1 is 1.39 bits per heavy atom. The van der Waals surface area contributed by atoms with Gasteiger partial charge in [-0.1, -0.05) is 0 Å². The maximum atomic E-state index is 5.65. The summed E-state index contributed by atoms with van der Waals surface area (Å²) in [7, 11) is 0. The van der Waals surface area contributed by atoms with Crippen LogP contribution in [0.15, 0.2) is 41.1 Å². The van der Waals surface area contributed by atoms with E-state index in [-0.39, 0.29) is 0 Å². The number of rotatable bonds is 6. The Bertz CT molecular complexity index is 492. The molecule has 4 heteroatoms. The van der Waals surface area contributed by atoms with Gasteiger partial charge in [0.1, 0.15) is 18.1 Å². The molecule has 0 aromatic carbocycles. The quantitative estimate of drug-likeness (QED) is 0.848. The van der Waals surface area contributed by atoms with Crippen LogP contribution in [0.5, 0.6) is 5.75 Å². The van der Waals surface area contributed by atoms with Crippen LogP contribution >= 0.6 is 0 Å². The summed E-state index contributed by atoms with van der Waals surface area (Å²) in [5, 5.41) is 3.43. The third kappa shape index (κ3) is 3.11. The molecular formula is C14H16N2O2. The van der Waals surface area contributed by atoms with Crippen molar-refractivity contribution in [2.45, 2.75) is 32.0 Å². The van der Waals surface area contributed by atoms with Gasteiger partial charge in [-0.25, -0.2) is 0 Å². The van der Waals surface area contributed by atoms with Crippen molar-refractivity contribution in [3.05, 3.63) is 48.2 Å². The van der Waals surface area contributed by atoms with E-state index in [1.165, 1.54) is 12.8 Å². The molecule has 1 N–H and O–H groups in total. The summed E-state index contributed by atoms with van der Waals surface area (Å²) >= 11 is 0. The first-order valence-electron chi connectivity index (χ1n) is 6.23. The minimum atomic E-state index is 0.451. The van der Waals surface area contributed by atoms with Crippen LogP contribution in [0.2, 0.25) is 0 Å². The highest BCUT2D eigenvalue weighted by atomic mass is 16.5. The van der Waals surface area contributed by atoms with Crippen molar-refractivity contribution in [3.8, 4) is 5.75 Å². The summed E-state index contributed by atoms with van der Waals surface area (Å²) in [6, 6.07) is 8.29. The van der Waals surface area contributed by atoms with Gasteiger partial charge in [0.25, 0.3) is 0 Å². The predicted octanol–water partition coefficient (Wildman–Crippen LogP) is 2.51. The van der Waals surface area contributed by atoms with Crippen molar-refractivity contribution in [2.75, 3.05) is 0 Å². The van der Waals surface area contributed by atoms with E-state index in [4.69, 9.17) is 9.15 Å². The van der Waals surface area contributed by atoms with E-state index in [9.17, 15) is 0 Å². The first kappa shape index (κ1) is 11.3. The molecule has 2 heterocycles. The maximum Gasteiger partial charge on any atom is 0.146 e. The predicted molar refractivity (Wildman–Crippen MR) is 67.1 cm³/mol. The maximum absolute atomic E-state index is 5.65. The lowest BCUT2D eigenvalue weighted by atomic mass is 10.3. The average Bonchev–Trinajstić information content (AvgIpc) is 3.09. The van der Waals surface area contributed by atoms with Gasteiger partial charge in [-0.2, -0.15) is 0 Å². The second-order valence-corrected chi connectivity index (χ2v) is 4.51. The lowest BCUT2D eigenvalue weighted by Gasteiger charge is -2.06. The van der Waals surface area contributed by atoms with Gasteiger partial charge >= 0.3 is 0 Å². The summed E-state index contributed by atoms with van der Waals surface area (Å²) in [5.41, 5.74) is 1.01. The summed E-state index contributed by atoms with van der Waals surface area (Å²) in [6.45, 7) is 1.26. The third-order valence-electron chi connectivity index (χ3n) is 2.90. The topological polar surface area (TPSA) is 47.3 Å². The van der Waals surface area contributed by atoms with Crippen LogP contribution in [0.3, 0.4) is 0 Å². The van der Waals surface area contributed by atoms with Crippen molar-refractivity contribution in [1.29, 1.82) is 0 Å². The highest BCUT2D eigenvalue weighted by Crippen LogP contribution is 2.20. The number of furan rings is 1. The van der Waals surface area contributed by atoms with Gasteiger partial charge in [-0.3, -0.25) is 4.98 Å². The smallest absolute Gasteiger partial charge is 0.146 e. The van der Waals surface area contributed by atoms with Gasteiger partial charge < -0.3 is 14.5 Å². The molecule has 18 heavy (non-hydrogen) atoms. The molecule has 2 aromatic rings. The molecule has 0 spiro atoms. The summed E-state index contributed by atoms with van der Waals surface area (Å²) in [5.74, 6) is 1.65. The van der Waals surface area contributed by atoms with Crippen LogP contribution in [0.25, 0.3) is 0 Å². The second kappa shape index (κ2) is 5.23. The minimum absolute atomic E-state index is 0.451. The fourth-order valence-corrected chi connectivity index (χ4v) is 1.73. The Hall–Kier alpha value is -1.81. The third-order valence-corrected chi connectivity index (χ3v) is 2.90. The zero-order chi connectivity index (χ0) is 12.2. The summed E-state index contributed by atoms with van der Waals surface area (Å²) < 4.78 is 10.9.